The first-order valence-corrected chi connectivity index (χ1v) is 13.8. The Morgan fingerprint density at radius 3 is 1.69 bits per heavy atom. The molecule has 0 bridgehead atoms. The molecule has 1 N–H and O–H groups in total. The van der Waals surface area contributed by atoms with Crippen LogP contribution in [0.4, 0.5) is 11.4 Å². The van der Waals surface area contributed by atoms with Gasteiger partial charge >= 0.3 is 28.2 Å². The van der Waals surface area contributed by atoms with E-state index in [9.17, 15) is 43.0 Å². The number of rotatable bonds is 14. The normalized spacial score (nSPS) is 13.1. The molecule has 0 saturated carbocycles. The minimum Gasteiger partial charge on any atom is -0.411 e. The maximum Gasteiger partial charge on any atom is 0.381 e. The molecule has 2 atom stereocenters. The van der Waals surface area contributed by atoms with E-state index in [0.717, 1.165) is 0 Å². The standard InChI is InChI=1S/C24H27N5O12S/c1-15(23-17(28(33)34)5-3-13-25-23)7-10-20(30)40-19(27-42(37,38)39)9-12-22(32)41-21(31)11-8-16(2)24-18(29(35)36)6-4-14-26-24/h3-6,13-16H,7-12H2,1-2H3,(H,37,38,39). The van der Waals surface area contributed by atoms with E-state index in [1.54, 1.807) is 13.8 Å². The van der Waals surface area contributed by atoms with Gasteiger partial charge in [0.2, 0.25) is 5.90 Å². The van der Waals surface area contributed by atoms with Crippen molar-refractivity contribution < 1.29 is 46.7 Å². The lowest BCUT2D eigenvalue weighted by Crippen LogP contribution is -2.18. The summed E-state index contributed by atoms with van der Waals surface area (Å²) >= 11 is 0. The summed E-state index contributed by atoms with van der Waals surface area (Å²) in [5.41, 5.74) is -0.181. The maximum absolute atomic E-state index is 12.3. The van der Waals surface area contributed by atoms with Gasteiger partial charge in [0.05, 0.1) is 16.3 Å². The molecular formula is C24H27N5O12S. The first-order valence-electron chi connectivity index (χ1n) is 12.4. The fraction of sp³-hybridized carbons (Fsp3) is 0.417. The summed E-state index contributed by atoms with van der Waals surface area (Å²) in [5.74, 6) is -5.02. The number of hydrogen-bond donors (Lipinski definition) is 1. The van der Waals surface area contributed by atoms with Gasteiger partial charge in [0, 0.05) is 55.6 Å². The fourth-order valence-corrected chi connectivity index (χ4v) is 4.08. The summed E-state index contributed by atoms with van der Waals surface area (Å²) in [6.07, 6.45) is 0.852. The van der Waals surface area contributed by atoms with E-state index in [0.29, 0.717) is 0 Å². The van der Waals surface area contributed by atoms with Crippen molar-refractivity contribution in [3.8, 4) is 0 Å². The van der Waals surface area contributed by atoms with Crippen LogP contribution >= 0.6 is 0 Å². The van der Waals surface area contributed by atoms with Crippen LogP contribution in [0.1, 0.15) is 75.6 Å². The summed E-state index contributed by atoms with van der Waals surface area (Å²) in [6.45, 7) is 3.19. The van der Waals surface area contributed by atoms with Gasteiger partial charge in [-0.05, 0) is 25.0 Å². The number of esters is 3. The van der Waals surface area contributed by atoms with Crippen LogP contribution < -0.4 is 0 Å². The minimum atomic E-state index is -5.03. The molecule has 0 radical (unpaired) electrons. The molecule has 0 aliphatic rings. The number of hydrogen-bond acceptors (Lipinski definition) is 13. The molecule has 0 fully saturated rings. The molecule has 0 aromatic carbocycles. The van der Waals surface area contributed by atoms with Gasteiger partial charge in [0.15, 0.2) is 0 Å². The van der Waals surface area contributed by atoms with Gasteiger partial charge in [-0.2, -0.15) is 8.42 Å². The van der Waals surface area contributed by atoms with Gasteiger partial charge in [0.1, 0.15) is 11.4 Å². The molecule has 2 rings (SSSR count). The van der Waals surface area contributed by atoms with Gasteiger partial charge in [-0.15, -0.1) is 4.40 Å². The Bertz CT molecular complexity index is 1480. The average Bonchev–Trinajstić information content (AvgIpc) is 2.92. The van der Waals surface area contributed by atoms with Crippen molar-refractivity contribution >= 4 is 45.5 Å². The van der Waals surface area contributed by atoms with Gasteiger partial charge in [-0.25, -0.2) is 0 Å². The highest BCUT2D eigenvalue weighted by Crippen LogP contribution is 2.28. The van der Waals surface area contributed by atoms with Crippen LogP contribution in [0, 0.1) is 20.2 Å². The number of nitrogens with zero attached hydrogens (tertiary/aromatic N) is 5. The molecule has 2 aromatic heterocycles. The first kappa shape index (κ1) is 33.5. The van der Waals surface area contributed by atoms with E-state index in [-0.39, 0.29) is 48.4 Å². The van der Waals surface area contributed by atoms with Crippen LogP contribution in [-0.4, -0.2) is 56.6 Å². The second-order valence-corrected chi connectivity index (χ2v) is 10.0. The molecule has 0 spiro atoms. The van der Waals surface area contributed by atoms with Gasteiger partial charge in [0.25, 0.3) is 11.4 Å². The van der Waals surface area contributed by atoms with Crippen molar-refractivity contribution in [2.75, 3.05) is 0 Å². The Morgan fingerprint density at radius 2 is 1.26 bits per heavy atom. The van der Waals surface area contributed by atoms with E-state index in [2.05, 4.69) is 19.1 Å². The average molecular weight is 610 g/mol. The van der Waals surface area contributed by atoms with Crippen LogP contribution in [0.3, 0.4) is 0 Å². The summed E-state index contributed by atoms with van der Waals surface area (Å²) < 4.78 is 43.9. The number of pyridine rings is 2. The summed E-state index contributed by atoms with van der Waals surface area (Å²) in [7, 11) is -5.03. The molecule has 18 heteroatoms. The van der Waals surface area contributed by atoms with Crippen LogP contribution in [0.5, 0.6) is 0 Å². The smallest absolute Gasteiger partial charge is 0.381 e. The third-order valence-electron chi connectivity index (χ3n) is 5.74. The molecule has 2 unspecified atom stereocenters. The third-order valence-corrected chi connectivity index (χ3v) is 6.18. The zero-order valence-electron chi connectivity index (χ0n) is 22.4. The Hall–Kier alpha value is -4.71. The van der Waals surface area contributed by atoms with Gasteiger partial charge < -0.3 is 9.47 Å². The Balaban J connectivity index is 1.90. The van der Waals surface area contributed by atoms with E-state index < -0.39 is 68.6 Å². The third kappa shape index (κ3) is 11.0. The molecule has 42 heavy (non-hydrogen) atoms. The second kappa shape index (κ2) is 15.3. The fourth-order valence-electron chi connectivity index (χ4n) is 3.69. The van der Waals surface area contributed by atoms with E-state index in [4.69, 9.17) is 9.29 Å². The van der Waals surface area contributed by atoms with E-state index >= 15 is 0 Å². The van der Waals surface area contributed by atoms with Crippen LogP contribution in [0.15, 0.2) is 41.1 Å². The van der Waals surface area contributed by atoms with Crippen molar-refractivity contribution in [3.63, 3.8) is 0 Å². The molecule has 0 amide bonds. The largest absolute Gasteiger partial charge is 0.411 e. The molecule has 226 valence electrons. The molecule has 2 aromatic rings. The highest BCUT2D eigenvalue weighted by molar-refractivity contribution is 7.84. The number of ether oxygens (including phenoxy) is 2. The number of aromatic nitrogens is 2. The van der Waals surface area contributed by atoms with Crippen LogP contribution in [0.25, 0.3) is 0 Å². The molecule has 2 heterocycles. The second-order valence-electron chi connectivity index (χ2n) is 8.96. The van der Waals surface area contributed by atoms with Gasteiger partial charge in [-0.1, -0.05) is 13.8 Å². The minimum absolute atomic E-state index is 0.0203. The Kier molecular flexibility index (Phi) is 12.2. The lowest BCUT2D eigenvalue weighted by molar-refractivity contribution is -0.386. The van der Waals surface area contributed by atoms with Crippen molar-refractivity contribution in [1.82, 2.24) is 9.97 Å². The zero-order valence-corrected chi connectivity index (χ0v) is 23.3. The lowest BCUT2D eigenvalue weighted by Gasteiger charge is -2.11. The zero-order chi connectivity index (χ0) is 31.4. The van der Waals surface area contributed by atoms with Crippen LogP contribution in [0.2, 0.25) is 0 Å². The summed E-state index contributed by atoms with van der Waals surface area (Å²) in [6, 6.07) is 5.31. The van der Waals surface area contributed by atoms with Crippen molar-refractivity contribution in [2.24, 2.45) is 4.40 Å². The van der Waals surface area contributed by atoms with Crippen molar-refractivity contribution in [3.05, 3.63) is 68.3 Å². The quantitative estimate of drug-likeness (QED) is 0.0613. The Morgan fingerprint density at radius 1 is 0.833 bits per heavy atom. The highest BCUT2D eigenvalue weighted by Gasteiger charge is 2.24. The predicted molar refractivity (Wildman–Crippen MR) is 142 cm³/mol. The molecule has 0 saturated heterocycles. The number of carbonyl (C=O) groups is 3. The number of nitro groups is 2. The summed E-state index contributed by atoms with van der Waals surface area (Å²) in [5, 5.41) is 22.4. The lowest BCUT2D eigenvalue weighted by atomic mass is 10.00. The predicted octanol–water partition coefficient (Wildman–Crippen LogP) is 3.36. The summed E-state index contributed by atoms with van der Waals surface area (Å²) in [4.78, 5) is 65.6. The first-order chi connectivity index (χ1) is 19.7. The van der Waals surface area contributed by atoms with Crippen molar-refractivity contribution in [2.45, 2.75) is 64.2 Å². The monoisotopic (exact) mass is 609 g/mol. The van der Waals surface area contributed by atoms with Crippen molar-refractivity contribution in [1.29, 1.82) is 0 Å². The van der Waals surface area contributed by atoms with Crippen LogP contribution in [-0.2, 0) is 34.2 Å². The van der Waals surface area contributed by atoms with Gasteiger partial charge in [-0.3, -0.25) is 49.1 Å². The maximum atomic E-state index is 12.3. The topological polar surface area (TPSA) is 248 Å². The molecular weight excluding hydrogens is 582 g/mol. The molecule has 0 aliphatic carbocycles. The van der Waals surface area contributed by atoms with E-state index in [1.165, 1.54) is 36.7 Å². The number of carbonyl (C=O) groups excluding carboxylic acids is 3. The molecule has 17 nitrogen and oxygen atoms in total. The van der Waals surface area contributed by atoms with E-state index in [1.807, 2.05) is 0 Å². The SMILES string of the molecule is CC(CCC(=O)OC(=O)CCC(=NS(=O)(=O)O)OC(=O)CCC(C)c1ncccc1[N+](=O)[O-])c1ncccc1[N+](=O)[O-]. The highest BCUT2D eigenvalue weighted by atomic mass is 32.2. The molecule has 0 aliphatic heterocycles. The Labute approximate surface area is 239 Å².